The number of carboxylic acid groups (broad SMARTS) is 3. The summed E-state index contributed by atoms with van der Waals surface area (Å²) in [6.45, 7) is 3.73. The van der Waals surface area contributed by atoms with Crippen LogP contribution in [0.3, 0.4) is 0 Å². The number of Topliss-reactive ketones (excluding diaryl/α,β-unsaturated/α-hetero) is 1. The number of ketones is 1. The standard InChI is InChI=1S/C12H14O4.C8H6O4.C3H8O2.C2H4O2.CH4/c1-9(13)10-3-5-11(6-4-10)12(14)16-8-7-15-2;9-7(10)5-1-2-6(4-3-5)8(11)12;1-5-3-2-4;1-2(3)4;/h3-6H,7-8H2,1-2H3;1-4H,(H,9,10)(H,11,12);4H,2-3H2,1H3;1H3,(H,3,4);1H4. The van der Waals surface area contributed by atoms with E-state index in [2.05, 4.69) is 4.74 Å². The van der Waals surface area contributed by atoms with Crippen LogP contribution in [0.25, 0.3) is 0 Å². The third kappa shape index (κ3) is 20.1. The number of aliphatic hydroxyl groups is 1. The van der Waals surface area contributed by atoms with Gasteiger partial charge in [-0.1, -0.05) is 19.6 Å². The number of aromatic carboxylic acids is 2. The summed E-state index contributed by atoms with van der Waals surface area (Å²) in [6, 6.07) is 11.4. The van der Waals surface area contributed by atoms with Crippen LogP contribution >= 0.6 is 0 Å². The Bertz CT molecular complexity index is 928. The fraction of sp³-hybridized carbons (Fsp3) is 0.346. The van der Waals surface area contributed by atoms with Gasteiger partial charge in [0.25, 0.3) is 5.97 Å². The second kappa shape index (κ2) is 23.3. The number of rotatable bonds is 9. The van der Waals surface area contributed by atoms with Crippen LogP contribution in [-0.4, -0.2) is 90.7 Å². The van der Waals surface area contributed by atoms with Crippen molar-refractivity contribution in [1.29, 1.82) is 0 Å². The predicted molar refractivity (Wildman–Crippen MR) is 138 cm³/mol. The molecule has 0 unspecified atom stereocenters. The number of carbonyl (C=O) groups is 5. The van der Waals surface area contributed by atoms with Crippen molar-refractivity contribution in [3.8, 4) is 0 Å². The van der Waals surface area contributed by atoms with E-state index in [9.17, 15) is 19.2 Å². The van der Waals surface area contributed by atoms with E-state index in [1.165, 1.54) is 38.3 Å². The average molecular weight is 541 g/mol. The molecule has 2 aromatic rings. The lowest BCUT2D eigenvalue weighted by Gasteiger charge is -2.04. The van der Waals surface area contributed by atoms with E-state index < -0.39 is 23.9 Å². The highest BCUT2D eigenvalue weighted by Gasteiger charge is 2.07. The van der Waals surface area contributed by atoms with E-state index in [1.54, 1.807) is 31.4 Å². The lowest BCUT2D eigenvalue weighted by atomic mass is 10.1. The molecule has 12 nitrogen and oxygen atoms in total. The van der Waals surface area contributed by atoms with Crippen molar-refractivity contribution in [2.24, 2.45) is 0 Å². The molecule has 0 aliphatic rings. The summed E-state index contributed by atoms with van der Waals surface area (Å²) in [4.78, 5) is 52.1. The number of methoxy groups -OCH3 is 2. The minimum atomic E-state index is -1.06. The summed E-state index contributed by atoms with van der Waals surface area (Å²) in [5, 5.41) is 32.3. The SMILES string of the molecule is C.CC(=O)O.COCCO.COCCOC(=O)c1ccc(C(C)=O)cc1.O=C(O)c1ccc(C(=O)O)cc1. The summed E-state index contributed by atoms with van der Waals surface area (Å²) >= 11 is 0. The smallest absolute Gasteiger partial charge is 0.338 e. The van der Waals surface area contributed by atoms with E-state index in [-0.39, 0.29) is 37.6 Å². The molecule has 0 saturated carbocycles. The molecule has 0 saturated heterocycles. The zero-order valence-corrected chi connectivity index (χ0v) is 21.0. The van der Waals surface area contributed by atoms with Crippen LogP contribution in [0, 0.1) is 0 Å². The van der Waals surface area contributed by atoms with Gasteiger partial charge >= 0.3 is 17.9 Å². The fourth-order valence-electron chi connectivity index (χ4n) is 1.99. The van der Waals surface area contributed by atoms with E-state index in [4.69, 9.17) is 34.7 Å². The molecule has 0 spiro atoms. The average Bonchev–Trinajstić information content (AvgIpc) is 2.85. The van der Waals surface area contributed by atoms with E-state index in [0.717, 1.165) is 6.92 Å². The maximum Gasteiger partial charge on any atom is 0.338 e. The molecule has 0 fully saturated rings. The van der Waals surface area contributed by atoms with Crippen LogP contribution in [-0.2, 0) is 19.0 Å². The van der Waals surface area contributed by atoms with Crippen LogP contribution in [0.5, 0.6) is 0 Å². The first-order valence-electron chi connectivity index (χ1n) is 10.5. The number of hydrogen-bond acceptors (Lipinski definition) is 9. The first kappa shape index (κ1) is 38.4. The van der Waals surface area contributed by atoms with Crippen molar-refractivity contribution >= 4 is 29.7 Å². The van der Waals surface area contributed by atoms with Gasteiger partial charge in [-0.25, -0.2) is 14.4 Å². The Morgan fingerprint density at radius 3 is 1.24 bits per heavy atom. The topological polar surface area (TPSA) is 194 Å². The molecule has 12 heteroatoms. The van der Waals surface area contributed by atoms with Gasteiger partial charge in [0, 0.05) is 26.7 Å². The quantitative estimate of drug-likeness (QED) is 0.206. The molecular weight excluding hydrogens is 504 g/mol. The lowest BCUT2D eigenvalue weighted by Crippen LogP contribution is -2.10. The summed E-state index contributed by atoms with van der Waals surface area (Å²) in [7, 11) is 3.09. The molecule has 38 heavy (non-hydrogen) atoms. The minimum absolute atomic E-state index is 0. The van der Waals surface area contributed by atoms with Gasteiger partial charge < -0.3 is 34.6 Å². The number of benzene rings is 2. The molecule has 4 N–H and O–H groups in total. The highest BCUT2D eigenvalue weighted by molar-refractivity contribution is 5.96. The second-order valence-electron chi connectivity index (χ2n) is 6.69. The number of ether oxygens (including phenoxy) is 3. The maximum atomic E-state index is 11.4. The molecule has 0 amide bonds. The third-order valence-electron chi connectivity index (χ3n) is 3.72. The molecule has 0 bridgehead atoms. The van der Waals surface area contributed by atoms with E-state index in [1.807, 2.05) is 0 Å². The van der Waals surface area contributed by atoms with Gasteiger partial charge in [-0.3, -0.25) is 9.59 Å². The van der Waals surface area contributed by atoms with Crippen LogP contribution in [0.4, 0.5) is 0 Å². The summed E-state index contributed by atoms with van der Waals surface area (Å²) in [5.41, 5.74) is 1.18. The van der Waals surface area contributed by atoms with Crippen molar-refractivity contribution in [3.05, 3.63) is 70.8 Å². The molecule has 0 aliphatic heterocycles. The number of aliphatic carboxylic acids is 1. The zero-order chi connectivity index (χ0) is 28.8. The Balaban J connectivity index is -0.000000489. The number of esters is 1. The minimum Gasteiger partial charge on any atom is -0.481 e. The van der Waals surface area contributed by atoms with Gasteiger partial charge in [0.1, 0.15) is 6.61 Å². The molecule has 0 heterocycles. The molecule has 2 aromatic carbocycles. The van der Waals surface area contributed by atoms with Crippen LogP contribution < -0.4 is 0 Å². The van der Waals surface area contributed by atoms with E-state index in [0.29, 0.717) is 24.3 Å². The van der Waals surface area contributed by atoms with Gasteiger partial charge in [-0.15, -0.1) is 0 Å². The number of carboxylic acids is 3. The van der Waals surface area contributed by atoms with Gasteiger partial charge in [0.05, 0.1) is 36.5 Å². The van der Waals surface area contributed by atoms with Crippen molar-refractivity contribution in [2.75, 3.05) is 40.6 Å². The molecule has 0 aliphatic carbocycles. The summed E-state index contributed by atoms with van der Waals surface area (Å²) < 4.78 is 14.1. The lowest BCUT2D eigenvalue weighted by molar-refractivity contribution is -0.134. The number of hydrogen-bond donors (Lipinski definition) is 4. The highest BCUT2D eigenvalue weighted by Crippen LogP contribution is 2.06. The Hall–Kier alpha value is -4.13. The monoisotopic (exact) mass is 540 g/mol. The molecule has 0 radical (unpaired) electrons. The number of aliphatic hydroxyl groups excluding tert-OH is 1. The van der Waals surface area contributed by atoms with Gasteiger partial charge in [-0.2, -0.15) is 0 Å². The second-order valence-corrected chi connectivity index (χ2v) is 6.69. The first-order valence-corrected chi connectivity index (χ1v) is 10.5. The van der Waals surface area contributed by atoms with Crippen molar-refractivity contribution in [2.45, 2.75) is 21.3 Å². The maximum absolute atomic E-state index is 11.4. The van der Waals surface area contributed by atoms with Gasteiger partial charge in [0.2, 0.25) is 0 Å². The van der Waals surface area contributed by atoms with Gasteiger partial charge in [0.15, 0.2) is 5.78 Å². The number of carbonyl (C=O) groups excluding carboxylic acids is 2. The third-order valence-corrected chi connectivity index (χ3v) is 3.72. The van der Waals surface area contributed by atoms with Crippen LogP contribution in [0.15, 0.2) is 48.5 Å². The molecular formula is C26H36O12. The largest absolute Gasteiger partial charge is 0.481 e. The zero-order valence-electron chi connectivity index (χ0n) is 21.0. The van der Waals surface area contributed by atoms with Crippen LogP contribution in [0.1, 0.15) is 62.7 Å². The highest BCUT2D eigenvalue weighted by atomic mass is 16.6. The Kier molecular flexibility index (Phi) is 23.5. The summed E-state index contributed by atoms with van der Waals surface area (Å²) in [5.74, 6) is -3.40. The van der Waals surface area contributed by atoms with Gasteiger partial charge in [-0.05, 0) is 43.3 Å². The molecule has 212 valence electrons. The fourth-order valence-corrected chi connectivity index (χ4v) is 1.99. The van der Waals surface area contributed by atoms with Crippen LogP contribution in [0.2, 0.25) is 0 Å². The van der Waals surface area contributed by atoms with Crippen molar-refractivity contribution < 1.29 is 58.6 Å². The Morgan fingerprint density at radius 2 is 0.974 bits per heavy atom. The molecule has 0 atom stereocenters. The molecule has 0 aromatic heterocycles. The predicted octanol–water partition coefficient (Wildman–Crippen LogP) is 3.13. The summed E-state index contributed by atoms with van der Waals surface area (Å²) in [6.07, 6.45) is 0. The Labute approximate surface area is 221 Å². The van der Waals surface area contributed by atoms with Crippen molar-refractivity contribution in [3.63, 3.8) is 0 Å². The van der Waals surface area contributed by atoms with Crippen molar-refractivity contribution in [1.82, 2.24) is 0 Å². The normalized spacial score (nSPS) is 8.87. The Morgan fingerprint density at radius 1 is 0.632 bits per heavy atom. The van der Waals surface area contributed by atoms with E-state index >= 15 is 0 Å². The molecule has 2 rings (SSSR count). The first-order chi connectivity index (χ1) is 17.4.